The number of piperidine rings is 1. The molecule has 2 aliphatic rings. The average Bonchev–Trinajstić information content (AvgIpc) is 2.70. The van der Waals surface area contributed by atoms with Crippen molar-refractivity contribution in [3.8, 4) is 11.5 Å². The number of nitrogens with one attached hydrogen (secondary N) is 2. The summed E-state index contributed by atoms with van der Waals surface area (Å²) in [5.74, 6) is 1.89. The van der Waals surface area contributed by atoms with Crippen LogP contribution in [0.15, 0.2) is 23.1 Å². The average molecular weight is 383 g/mol. The molecule has 2 heterocycles. The van der Waals surface area contributed by atoms with Crippen molar-refractivity contribution in [2.24, 2.45) is 0 Å². The summed E-state index contributed by atoms with van der Waals surface area (Å²) in [6, 6.07) is 5.88. The molecule has 0 spiro atoms. The molecule has 0 aromatic heterocycles. The lowest BCUT2D eigenvalue weighted by molar-refractivity contribution is -0.0106. The molecule has 1 aromatic rings. The van der Waals surface area contributed by atoms with E-state index in [1.165, 1.54) is 0 Å². The Hall–Kier alpha value is -1.15. The summed E-state index contributed by atoms with van der Waals surface area (Å²) in [5.41, 5.74) is 0. The first kappa shape index (κ1) is 19.6. The van der Waals surface area contributed by atoms with Gasteiger partial charge in [-0.1, -0.05) is 13.3 Å². The number of aliphatic hydroxyl groups excluding tert-OH is 1. The number of hydrogen-bond donors (Lipinski definition) is 3. The molecule has 3 rings (SSSR count). The molecular weight excluding hydrogens is 352 g/mol. The molecule has 0 saturated carbocycles. The zero-order valence-corrected chi connectivity index (χ0v) is 16.2. The van der Waals surface area contributed by atoms with E-state index in [2.05, 4.69) is 17.6 Å². The summed E-state index contributed by atoms with van der Waals surface area (Å²) in [4.78, 5) is 0.771. The number of rotatable bonds is 8. The largest absolute Gasteiger partial charge is 0.486 e. The van der Waals surface area contributed by atoms with Crippen LogP contribution in [0.5, 0.6) is 11.5 Å². The van der Waals surface area contributed by atoms with Crippen molar-refractivity contribution < 1.29 is 18.8 Å². The monoisotopic (exact) mass is 382 g/mol. The van der Waals surface area contributed by atoms with Gasteiger partial charge in [0.2, 0.25) is 0 Å². The minimum absolute atomic E-state index is 0.299. The topological polar surface area (TPSA) is 79.8 Å². The number of benzene rings is 1. The first-order valence-electron chi connectivity index (χ1n) is 9.61. The van der Waals surface area contributed by atoms with Gasteiger partial charge in [-0.2, -0.15) is 0 Å². The SMILES string of the molecule is CCCCS(=O)c1ccc2c(c1)OCC(C(O)CNC1CCNCC1)O2. The van der Waals surface area contributed by atoms with Gasteiger partial charge in [0.15, 0.2) is 17.6 Å². The smallest absolute Gasteiger partial charge is 0.162 e. The second kappa shape index (κ2) is 9.69. The van der Waals surface area contributed by atoms with Gasteiger partial charge in [-0.15, -0.1) is 0 Å². The zero-order valence-electron chi connectivity index (χ0n) is 15.4. The summed E-state index contributed by atoms with van der Waals surface area (Å²) in [6.07, 6.45) is 3.11. The third kappa shape index (κ3) is 5.19. The number of unbranched alkanes of at least 4 members (excludes halogenated alkanes) is 1. The first-order chi connectivity index (χ1) is 12.7. The lowest BCUT2D eigenvalue weighted by Gasteiger charge is -2.31. The van der Waals surface area contributed by atoms with Gasteiger partial charge in [0.1, 0.15) is 12.7 Å². The highest BCUT2D eigenvalue weighted by Crippen LogP contribution is 2.34. The quantitative estimate of drug-likeness (QED) is 0.631. The Balaban J connectivity index is 1.52. The Morgan fingerprint density at radius 3 is 2.92 bits per heavy atom. The number of fused-ring (bicyclic) bond motifs is 1. The van der Waals surface area contributed by atoms with Crippen LogP contribution in [0.2, 0.25) is 0 Å². The Bertz CT molecular complexity index is 607. The standard InChI is InChI=1S/C19H30N2O4S/c1-2-3-10-26(23)15-4-5-17-18(11-15)24-13-19(25-17)16(22)12-21-14-6-8-20-9-7-14/h4-5,11,14,16,19-22H,2-3,6-10,12-13H2,1H3. The van der Waals surface area contributed by atoms with Gasteiger partial charge in [-0.25, -0.2) is 0 Å². The van der Waals surface area contributed by atoms with E-state index >= 15 is 0 Å². The van der Waals surface area contributed by atoms with E-state index in [0.29, 0.717) is 36.4 Å². The van der Waals surface area contributed by atoms with Gasteiger partial charge in [0.25, 0.3) is 0 Å². The molecule has 0 aliphatic carbocycles. The van der Waals surface area contributed by atoms with Crippen molar-refractivity contribution in [3.05, 3.63) is 18.2 Å². The molecule has 1 saturated heterocycles. The molecule has 2 aliphatic heterocycles. The van der Waals surface area contributed by atoms with Crippen molar-refractivity contribution in [1.82, 2.24) is 10.6 Å². The molecule has 7 heteroatoms. The van der Waals surface area contributed by atoms with Crippen LogP contribution < -0.4 is 20.1 Å². The summed E-state index contributed by atoms with van der Waals surface area (Å²) < 4.78 is 24.0. The zero-order chi connectivity index (χ0) is 18.4. The van der Waals surface area contributed by atoms with E-state index in [0.717, 1.165) is 43.7 Å². The molecule has 0 bridgehead atoms. The Kier molecular flexibility index (Phi) is 7.31. The van der Waals surface area contributed by atoms with E-state index in [1.807, 2.05) is 6.07 Å². The Morgan fingerprint density at radius 2 is 2.15 bits per heavy atom. The van der Waals surface area contributed by atoms with E-state index in [-0.39, 0.29) is 0 Å². The third-order valence-electron chi connectivity index (χ3n) is 4.93. The molecule has 3 atom stereocenters. The van der Waals surface area contributed by atoms with Crippen molar-refractivity contribution in [2.45, 2.75) is 55.8 Å². The molecule has 0 amide bonds. The lowest BCUT2D eigenvalue weighted by Crippen LogP contribution is -2.48. The van der Waals surface area contributed by atoms with Gasteiger partial charge in [-0.3, -0.25) is 4.21 Å². The molecule has 146 valence electrons. The van der Waals surface area contributed by atoms with E-state index in [1.54, 1.807) is 12.1 Å². The van der Waals surface area contributed by atoms with Crippen LogP contribution in [0.1, 0.15) is 32.6 Å². The molecule has 1 fully saturated rings. The predicted molar refractivity (Wildman–Crippen MR) is 102 cm³/mol. The normalized spacial score (nSPS) is 22.8. The maximum Gasteiger partial charge on any atom is 0.162 e. The van der Waals surface area contributed by atoms with Gasteiger partial charge >= 0.3 is 0 Å². The fourth-order valence-electron chi connectivity index (χ4n) is 3.24. The molecule has 6 nitrogen and oxygen atoms in total. The van der Waals surface area contributed by atoms with Gasteiger partial charge in [0, 0.05) is 29.3 Å². The highest BCUT2D eigenvalue weighted by atomic mass is 32.2. The minimum atomic E-state index is -1.00. The number of hydrogen-bond acceptors (Lipinski definition) is 6. The Labute approximate surface area is 158 Å². The molecule has 3 N–H and O–H groups in total. The maximum absolute atomic E-state index is 12.3. The first-order valence-corrected chi connectivity index (χ1v) is 10.9. The molecule has 1 aromatic carbocycles. The molecular formula is C19H30N2O4S. The van der Waals surface area contributed by atoms with Crippen LogP contribution in [0.25, 0.3) is 0 Å². The van der Waals surface area contributed by atoms with Crippen molar-refractivity contribution >= 4 is 10.8 Å². The van der Waals surface area contributed by atoms with Crippen LogP contribution in [0, 0.1) is 0 Å². The number of aliphatic hydroxyl groups is 1. The second-order valence-electron chi connectivity index (χ2n) is 6.98. The van der Waals surface area contributed by atoms with Gasteiger partial charge in [0.05, 0.1) is 10.8 Å². The van der Waals surface area contributed by atoms with Crippen molar-refractivity contribution in [3.63, 3.8) is 0 Å². The van der Waals surface area contributed by atoms with Gasteiger partial charge in [-0.05, 0) is 44.5 Å². The van der Waals surface area contributed by atoms with Crippen LogP contribution >= 0.6 is 0 Å². The fourth-order valence-corrected chi connectivity index (χ4v) is 4.48. The highest BCUT2D eigenvalue weighted by molar-refractivity contribution is 7.85. The van der Waals surface area contributed by atoms with Crippen LogP contribution in [0.3, 0.4) is 0 Å². The van der Waals surface area contributed by atoms with E-state index in [4.69, 9.17) is 9.47 Å². The molecule has 26 heavy (non-hydrogen) atoms. The fraction of sp³-hybridized carbons (Fsp3) is 0.684. The van der Waals surface area contributed by atoms with Crippen LogP contribution in [-0.4, -0.2) is 59.6 Å². The van der Waals surface area contributed by atoms with E-state index in [9.17, 15) is 9.32 Å². The molecule has 0 radical (unpaired) electrons. The summed E-state index contributed by atoms with van der Waals surface area (Å²) >= 11 is 0. The van der Waals surface area contributed by atoms with Crippen molar-refractivity contribution in [1.29, 1.82) is 0 Å². The number of ether oxygens (including phenoxy) is 2. The van der Waals surface area contributed by atoms with Crippen LogP contribution in [-0.2, 0) is 10.8 Å². The highest BCUT2D eigenvalue weighted by Gasteiger charge is 2.28. The predicted octanol–water partition coefficient (Wildman–Crippen LogP) is 1.44. The summed E-state index contributed by atoms with van der Waals surface area (Å²) in [6.45, 7) is 4.92. The lowest BCUT2D eigenvalue weighted by atomic mass is 10.1. The van der Waals surface area contributed by atoms with Crippen LogP contribution in [0.4, 0.5) is 0 Å². The second-order valence-corrected chi connectivity index (χ2v) is 8.55. The maximum atomic E-state index is 12.3. The summed E-state index contributed by atoms with van der Waals surface area (Å²) in [7, 11) is -1.00. The molecule has 3 unspecified atom stereocenters. The third-order valence-corrected chi connectivity index (χ3v) is 6.37. The summed E-state index contributed by atoms with van der Waals surface area (Å²) in [5, 5.41) is 17.2. The Morgan fingerprint density at radius 1 is 1.35 bits per heavy atom. The van der Waals surface area contributed by atoms with Crippen molar-refractivity contribution in [2.75, 3.05) is 32.0 Å². The van der Waals surface area contributed by atoms with E-state index < -0.39 is 23.0 Å². The van der Waals surface area contributed by atoms with Gasteiger partial charge < -0.3 is 25.2 Å². The minimum Gasteiger partial charge on any atom is -0.486 e.